The van der Waals surface area contributed by atoms with Gasteiger partial charge in [0.1, 0.15) is 22.1 Å². The van der Waals surface area contributed by atoms with Crippen LogP contribution in [0.25, 0.3) is 21.9 Å². The van der Waals surface area contributed by atoms with Crippen LogP contribution in [-0.2, 0) is 0 Å². The molecule has 0 atom stereocenters. The molecule has 258 valence electrons. The van der Waals surface area contributed by atoms with Crippen molar-refractivity contribution < 1.29 is 0 Å². The number of rotatable bonds is 8. The minimum absolute atomic E-state index is 1.02. The first-order chi connectivity index (χ1) is 26.8. The van der Waals surface area contributed by atoms with Crippen molar-refractivity contribution in [3.05, 3.63) is 249 Å². The molecule has 0 fully saturated rings. The Hall–Kier alpha value is -6.27. The molecule has 0 aliphatic heterocycles. The maximum Gasteiger partial charge on any atom is 0.108 e. The van der Waals surface area contributed by atoms with Crippen molar-refractivity contribution in [3.63, 3.8) is 0 Å². The van der Waals surface area contributed by atoms with E-state index in [0.29, 0.717) is 0 Å². The lowest BCUT2D eigenvalue weighted by Crippen LogP contribution is -2.74. The van der Waals surface area contributed by atoms with E-state index in [-0.39, 0.29) is 0 Å². The second-order valence-electron chi connectivity index (χ2n) is 13.7. The molecule has 2 heteroatoms. The molecule has 0 N–H and O–H groups in total. The maximum absolute atomic E-state index is 2.32. The predicted molar refractivity (Wildman–Crippen MR) is 240 cm³/mol. The van der Waals surface area contributed by atoms with E-state index in [1.807, 2.05) is 0 Å². The molecule has 0 aromatic heterocycles. The summed E-state index contributed by atoms with van der Waals surface area (Å²) in [5, 5.41) is 6.84. The van der Waals surface area contributed by atoms with E-state index < -0.39 is 14.1 Å². The van der Waals surface area contributed by atoms with Gasteiger partial charge in [0.2, 0.25) is 0 Å². The van der Waals surface area contributed by atoms with Crippen molar-refractivity contribution in [3.8, 4) is 11.1 Å². The van der Waals surface area contributed by atoms with Crippen molar-refractivity contribution in [1.29, 1.82) is 0 Å². The van der Waals surface area contributed by atoms with Gasteiger partial charge in [0.25, 0.3) is 0 Å². The van der Waals surface area contributed by atoms with Gasteiger partial charge in [0.05, 0.1) is 7.92 Å². The van der Waals surface area contributed by atoms with Crippen LogP contribution in [0, 0.1) is 0 Å². The lowest BCUT2D eigenvalue weighted by Gasteiger charge is -2.44. The molecule has 9 aromatic rings. The van der Waals surface area contributed by atoms with E-state index in [1.165, 1.54) is 59.7 Å². The highest BCUT2D eigenvalue weighted by Gasteiger charge is 2.31. The first kappa shape index (κ1) is 34.8. The van der Waals surface area contributed by atoms with Gasteiger partial charge in [-0.15, -0.1) is 0 Å². The zero-order valence-corrected chi connectivity index (χ0v) is 31.2. The van der Waals surface area contributed by atoms with Gasteiger partial charge >= 0.3 is 0 Å². The highest BCUT2D eigenvalue weighted by molar-refractivity contribution is 7.79. The Balaban J connectivity index is 0.000000155. The molecule has 9 rings (SSSR count). The van der Waals surface area contributed by atoms with Crippen LogP contribution in [-0.4, -0.2) is 6.15 Å². The van der Waals surface area contributed by atoms with Gasteiger partial charge < -0.3 is 0 Å². The summed E-state index contributed by atoms with van der Waals surface area (Å²) < 4.78 is 0. The number of hydrogen-bond acceptors (Lipinski definition) is 0. The fourth-order valence-corrected chi connectivity index (χ4v) is 10.7. The third-order valence-electron chi connectivity index (χ3n) is 10.6. The molecule has 0 saturated heterocycles. The molecule has 0 saturated carbocycles. The second-order valence-corrected chi connectivity index (χ2v) is 16.2. The van der Waals surface area contributed by atoms with Gasteiger partial charge in [0.15, 0.2) is 0 Å². The van der Waals surface area contributed by atoms with Gasteiger partial charge in [-0.05, 0) is 58.3 Å². The monoisotopic (exact) mass is 708 g/mol. The van der Waals surface area contributed by atoms with Gasteiger partial charge in [-0.2, -0.15) is 21.9 Å². The zero-order valence-electron chi connectivity index (χ0n) is 30.2. The smallest absolute Gasteiger partial charge is 0.108 e. The van der Waals surface area contributed by atoms with Crippen LogP contribution in [0.15, 0.2) is 249 Å². The van der Waals surface area contributed by atoms with Gasteiger partial charge in [-0.25, -0.2) is 0 Å². The maximum atomic E-state index is 2.32. The Morgan fingerprint density at radius 1 is 0.259 bits per heavy atom. The van der Waals surface area contributed by atoms with E-state index >= 15 is 0 Å². The van der Waals surface area contributed by atoms with Crippen LogP contribution in [0.4, 0.5) is 0 Å². The SMILES string of the molecule is c1ccc([B-](c2ccccc2)(c2ccccc2)c2ccccc2)cc1.c1ccc([PH+](c2ccccc2)c2ccc(-c3cccc4ccccc34)cc2)cc1. The summed E-state index contributed by atoms with van der Waals surface area (Å²) in [7, 11) is -1.02. The molecule has 0 spiro atoms. The average molecular weight is 709 g/mol. The van der Waals surface area contributed by atoms with Crippen LogP contribution in [0.2, 0.25) is 0 Å². The predicted octanol–water partition coefficient (Wildman–Crippen LogP) is 9.06. The summed E-state index contributed by atoms with van der Waals surface area (Å²) >= 11 is 0. The van der Waals surface area contributed by atoms with E-state index in [2.05, 4.69) is 249 Å². The molecule has 0 heterocycles. The molecule has 0 bridgehead atoms. The molecule has 0 amide bonds. The van der Waals surface area contributed by atoms with Gasteiger partial charge in [-0.3, -0.25) is 0 Å². The lowest BCUT2D eigenvalue weighted by atomic mass is 9.13. The highest BCUT2D eigenvalue weighted by Crippen LogP contribution is 2.34. The van der Waals surface area contributed by atoms with Crippen LogP contribution in [0.5, 0.6) is 0 Å². The fourth-order valence-electron chi connectivity index (χ4n) is 8.12. The van der Waals surface area contributed by atoms with E-state index in [9.17, 15) is 0 Å². The van der Waals surface area contributed by atoms with Crippen molar-refractivity contribution in [2.24, 2.45) is 0 Å². The topological polar surface area (TPSA) is 0 Å². The van der Waals surface area contributed by atoms with Gasteiger partial charge in [-0.1, -0.05) is 212 Å². The van der Waals surface area contributed by atoms with Gasteiger partial charge in [0, 0.05) is 0 Å². The van der Waals surface area contributed by atoms with E-state index in [0.717, 1.165) is 0 Å². The third kappa shape index (κ3) is 7.20. The van der Waals surface area contributed by atoms with Crippen LogP contribution < -0.4 is 37.8 Å². The summed E-state index contributed by atoms with van der Waals surface area (Å²) in [5.74, 6) is 0. The summed E-state index contributed by atoms with van der Waals surface area (Å²) in [5.41, 5.74) is 7.92. The Kier molecular flexibility index (Phi) is 10.7. The molecule has 9 aromatic carbocycles. The van der Waals surface area contributed by atoms with E-state index in [4.69, 9.17) is 0 Å². The van der Waals surface area contributed by atoms with Crippen molar-refractivity contribution in [1.82, 2.24) is 0 Å². The summed E-state index contributed by atoms with van der Waals surface area (Å²) in [4.78, 5) is 0. The van der Waals surface area contributed by atoms with Crippen molar-refractivity contribution >= 4 is 62.6 Å². The first-order valence-electron chi connectivity index (χ1n) is 18.8. The second kappa shape index (κ2) is 16.6. The molecule has 0 radical (unpaired) electrons. The summed E-state index contributed by atoms with van der Waals surface area (Å²) in [6.07, 6.45) is -1.22. The summed E-state index contributed by atoms with van der Waals surface area (Å²) in [6.45, 7) is 0. The largest absolute Gasteiger partial charge is 0.195 e. The van der Waals surface area contributed by atoms with Crippen LogP contribution in [0.1, 0.15) is 0 Å². The third-order valence-corrected chi connectivity index (χ3v) is 13.3. The van der Waals surface area contributed by atoms with E-state index in [1.54, 1.807) is 0 Å². The van der Waals surface area contributed by atoms with Crippen LogP contribution in [0.3, 0.4) is 0 Å². The van der Waals surface area contributed by atoms with Crippen molar-refractivity contribution in [2.75, 3.05) is 0 Å². The number of hydrogen-bond donors (Lipinski definition) is 0. The molecule has 0 unspecified atom stereocenters. The molecular formula is C52H42BP. The average Bonchev–Trinajstić information content (AvgIpc) is 3.27. The fraction of sp³-hybridized carbons (Fsp3) is 0. The quantitative estimate of drug-likeness (QED) is 0.109. The Morgan fingerprint density at radius 3 is 1.02 bits per heavy atom. The molecule has 54 heavy (non-hydrogen) atoms. The summed E-state index contributed by atoms with van der Waals surface area (Å²) in [6, 6.07) is 89.7. The minimum Gasteiger partial charge on any atom is -0.195 e. The van der Waals surface area contributed by atoms with Crippen molar-refractivity contribution in [2.45, 2.75) is 0 Å². The first-order valence-corrected chi connectivity index (χ1v) is 20.3. The Bertz CT molecular complexity index is 2300. The normalized spacial score (nSPS) is 11.1. The molecule has 0 aliphatic rings. The Labute approximate surface area is 321 Å². The standard InChI is InChI=1S/C28H21P.C24H20B/c1-3-12-24(13-4-1)29(25-14-5-2-6-15-25)26-20-18-23(19-21-26)28-17-9-11-22-10-7-8-16-27(22)28;1-5-13-21(14-6-1)25(22-15-7-2-8-16-22,23-17-9-3-10-18-23)24-19-11-4-12-20-24/h1-21H;1-20H/q;-1/p+1. The highest BCUT2D eigenvalue weighted by atomic mass is 31.1. The molecular weight excluding hydrogens is 666 g/mol. The number of benzene rings is 9. The number of fused-ring (bicyclic) bond motifs is 1. The van der Waals surface area contributed by atoms with Crippen LogP contribution >= 0.6 is 7.92 Å². The lowest BCUT2D eigenvalue weighted by molar-refractivity contribution is 1.66. The minimum atomic E-state index is -1.22. The molecule has 0 aliphatic carbocycles. The Morgan fingerprint density at radius 2 is 0.593 bits per heavy atom. The zero-order chi connectivity index (χ0) is 36.4. The molecule has 0 nitrogen and oxygen atoms in total.